The van der Waals surface area contributed by atoms with Gasteiger partial charge in [-0.3, -0.25) is 9.59 Å². The van der Waals surface area contributed by atoms with Crippen molar-refractivity contribution in [2.45, 2.75) is 79.1 Å². The SMILES string of the molecule is CCCCN(CCCC)c1ccc(C2=C(O)C(=C3C=CC(=[N+](C)CCOCCOCCOCCOCC[N+](C)=C4C=CC(=C5C(=O)C(c6ccc(N(CCCC)CCCC)cc6)=C5O)C=C4)C=C3)C2=O)cc1. The van der Waals surface area contributed by atoms with Gasteiger partial charge in [0, 0.05) is 61.9 Å². The number of unbranched alkanes of at least 4 members (excludes halogenated alkanes) is 4. The molecule has 0 spiro atoms. The monoisotopic (exact) mass is 985 g/mol. The number of aliphatic hydroxyl groups is 2. The second kappa shape index (κ2) is 28.9. The van der Waals surface area contributed by atoms with Gasteiger partial charge in [0.05, 0.1) is 61.9 Å². The van der Waals surface area contributed by atoms with Crippen molar-refractivity contribution >= 4 is 45.5 Å². The molecule has 4 aliphatic rings. The fourth-order valence-electron chi connectivity index (χ4n) is 8.88. The van der Waals surface area contributed by atoms with Gasteiger partial charge in [-0.05, 0) is 96.5 Å². The zero-order valence-electron chi connectivity index (χ0n) is 43.9. The molecule has 4 aliphatic carbocycles. The Kier molecular flexibility index (Phi) is 22.3. The second-order valence-corrected chi connectivity index (χ2v) is 18.7. The van der Waals surface area contributed by atoms with Crippen LogP contribution < -0.4 is 9.80 Å². The minimum Gasteiger partial charge on any atom is -0.506 e. The first-order valence-corrected chi connectivity index (χ1v) is 26.5. The largest absolute Gasteiger partial charge is 0.506 e. The first kappa shape index (κ1) is 55.4. The fourth-order valence-corrected chi connectivity index (χ4v) is 8.88. The van der Waals surface area contributed by atoms with Crippen LogP contribution in [0.4, 0.5) is 11.4 Å². The van der Waals surface area contributed by atoms with E-state index in [2.05, 4.69) is 70.9 Å². The summed E-state index contributed by atoms with van der Waals surface area (Å²) >= 11 is 0. The number of ketones is 2. The van der Waals surface area contributed by atoms with E-state index in [1.54, 1.807) is 0 Å². The van der Waals surface area contributed by atoms with E-state index in [0.29, 0.717) is 99.4 Å². The van der Waals surface area contributed by atoms with E-state index in [-0.39, 0.29) is 23.1 Å². The molecule has 0 bridgehead atoms. The van der Waals surface area contributed by atoms with Crippen LogP contribution in [0, 0.1) is 0 Å². The molecule has 0 atom stereocenters. The van der Waals surface area contributed by atoms with Crippen LogP contribution in [0.3, 0.4) is 0 Å². The lowest BCUT2D eigenvalue weighted by Crippen LogP contribution is -2.26. The summed E-state index contributed by atoms with van der Waals surface area (Å²) in [5.41, 5.74) is 8.66. The Bertz CT molecular complexity index is 2270. The number of likely N-dealkylation sites (N-methyl/N-ethyl adjacent to an activating group) is 2. The summed E-state index contributed by atoms with van der Waals surface area (Å²) in [5, 5.41) is 22.0. The third-order valence-corrected chi connectivity index (χ3v) is 13.5. The lowest BCUT2D eigenvalue weighted by molar-refractivity contribution is -0.499. The molecule has 0 aliphatic heterocycles. The smallest absolute Gasteiger partial charge is 0.201 e. The van der Waals surface area contributed by atoms with E-state index in [1.165, 1.54) is 0 Å². The summed E-state index contributed by atoms with van der Waals surface area (Å²) < 4.78 is 27.1. The Morgan fingerprint density at radius 3 is 0.986 bits per heavy atom. The number of ether oxygens (including phenoxy) is 4. The number of nitrogens with zero attached hydrogens (tertiary/aromatic N) is 4. The molecular weight excluding hydrogens is 905 g/mol. The molecule has 0 aromatic heterocycles. The van der Waals surface area contributed by atoms with Crippen LogP contribution in [0.15, 0.2) is 131 Å². The highest BCUT2D eigenvalue weighted by molar-refractivity contribution is 6.40. The molecule has 2 aromatic carbocycles. The molecule has 0 saturated heterocycles. The van der Waals surface area contributed by atoms with Crippen LogP contribution in [0.5, 0.6) is 0 Å². The van der Waals surface area contributed by atoms with Gasteiger partial charge in [0.2, 0.25) is 11.6 Å². The minimum atomic E-state index is -0.133. The van der Waals surface area contributed by atoms with Crippen molar-refractivity contribution in [3.63, 3.8) is 0 Å². The predicted octanol–water partition coefficient (Wildman–Crippen LogP) is 9.98. The Morgan fingerprint density at radius 1 is 0.417 bits per heavy atom. The highest BCUT2D eigenvalue weighted by atomic mass is 16.6. The topological polar surface area (TPSA) is 124 Å². The van der Waals surface area contributed by atoms with Crippen molar-refractivity contribution < 1.29 is 47.9 Å². The number of aliphatic hydroxyl groups excluding tert-OH is 2. The molecule has 6 rings (SSSR count). The average Bonchev–Trinajstić information content (AvgIpc) is 3.40. The third kappa shape index (κ3) is 14.8. The zero-order valence-corrected chi connectivity index (χ0v) is 43.9. The van der Waals surface area contributed by atoms with Gasteiger partial charge in [-0.2, -0.15) is 0 Å². The van der Waals surface area contributed by atoms with E-state index in [1.807, 2.05) is 87.0 Å². The van der Waals surface area contributed by atoms with Crippen molar-refractivity contribution in [2.75, 3.05) is 116 Å². The van der Waals surface area contributed by atoms with Gasteiger partial charge in [-0.25, -0.2) is 9.15 Å². The molecule has 0 unspecified atom stereocenters. The number of Topliss-reactive ketones (excluding diaryl/α,β-unsaturated/α-hetero) is 2. The van der Waals surface area contributed by atoms with Gasteiger partial charge in [-0.15, -0.1) is 0 Å². The van der Waals surface area contributed by atoms with E-state index in [0.717, 1.165) is 111 Å². The molecule has 0 amide bonds. The van der Waals surface area contributed by atoms with Crippen molar-refractivity contribution in [2.24, 2.45) is 0 Å². The number of hydrogen-bond acceptors (Lipinski definition) is 10. The predicted molar refractivity (Wildman–Crippen MR) is 292 cm³/mol. The number of rotatable bonds is 31. The van der Waals surface area contributed by atoms with E-state index >= 15 is 0 Å². The number of carbonyl (C=O) groups is 2. The molecular formula is C60H80N4O8+2. The lowest BCUT2D eigenvalue weighted by atomic mass is 9.80. The van der Waals surface area contributed by atoms with Gasteiger partial charge in [0.15, 0.2) is 24.5 Å². The van der Waals surface area contributed by atoms with Crippen LogP contribution in [0.1, 0.15) is 90.2 Å². The summed E-state index contributed by atoms with van der Waals surface area (Å²) in [6.07, 6.45) is 24.5. The van der Waals surface area contributed by atoms with Gasteiger partial charge >= 0.3 is 0 Å². The van der Waals surface area contributed by atoms with Crippen molar-refractivity contribution in [1.29, 1.82) is 0 Å². The Balaban J connectivity index is 0.813. The number of hydrogen-bond donors (Lipinski definition) is 2. The van der Waals surface area contributed by atoms with E-state index < -0.39 is 0 Å². The zero-order chi connectivity index (χ0) is 51.2. The maximum atomic E-state index is 13.3. The number of anilines is 2. The van der Waals surface area contributed by atoms with Gasteiger partial charge < -0.3 is 39.0 Å². The Labute approximate surface area is 429 Å². The van der Waals surface area contributed by atoms with E-state index in [4.69, 9.17) is 18.9 Å². The van der Waals surface area contributed by atoms with Gasteiger partial charge in [-0.1, -0.05) is 77.6 Å². The maximum Gasteiger partial charge on any atom is 0.201 e. The first-order chi connectivity index (χ1) is 35.1. The summed E-state index contributed by atoms with van der Waals surface area (Å²) in [6.45, 7) is 18.1. The van der Waals surface area contributed by atoms with Crippen molar-refractivity contribution in [1.82, 2.24) is 0 Å². The Hall–Kier alpha value is -5.92. The summed E-state index contributed by atoms with van der Waals surface area (Å²) in [6, 6.07) is 16.0. The number of benzene rings is 2. The molecule has 2 N–H and O–H groups in total. The van der Waals surface area contributed by atoms with Crippen LogP contribution in [0.25, 0.3) is 11.1 Å². The second-order valence-electron chi connectivity index (χ2n) is 18.7. The molecule has 2 aromatic rings. The van der Waals surface area contributed by atoms with Crippen LogP contribution in [-0.4, -0.2) is 149 Å². The summed E-state index contributed by atoms with van der Waals surface area (Å²) in [5.74, 6) is -0.157. The third-order valence-electron chi connectivity index (χ3n) is 13.5. The normalized spacial score (nSPS) is 15.4. The molecule has 12 nitrogen and oxygen atoms in total. The van der Waals surface area contributed by atoms with Gasteiger partial charge in [0.1, 0.15) is 38.8 Å². The minimum absolute atomic E-state index is 0.0546. The first-order valence-electron chi connectivity index (χ1n) is 26.5. The molecule has 0 fully saturated rings. The quantitative estimate of drug-likeness (QED) is 0.0429. The molecule has 0 heterocycles. The Morgan fingerprint density at radius 2 is 0.708 bits per heavy atom. The van der Waals surface area contributed by atoms with E-state index in [9.17, 15) is 19.8 Å². The molecule has 0 radical (unpaired) electrons. The molecule has 386 valence electrons. The maximum absolute atomic E-state index is 13.3. The number of carbonyl (C=O) groups excluding carboxylic acids is 2. The summed E-state index contributed by atoms with van der Waals surface area (Å²) in [7, 11) is 3.99. The van der Waals surface area contributed by atoms with Crippen LogP contribution in [0.2, 0.25) is 0 Å². The standard InChI is InChI=1S/C60H78N4O8/c1-7-11-31-63(32-12-8-2)51-27-19-47(20-28-51)55-57(65)53(58(55)66)45-15-23-49(24-16-45)61(5)35-37-69-39-41-71-43-44-72-42-40-70-38-36-62(6)50-25-17-46(18-26-50)54-59(67)56(60(54)68)48-21-29-52(30-22-48)64(33-13-9-3)34-14-10-4/h15-30H,7-14,31-44H2,1-6H3/p+2. The van der Waals surface area contributed by atoms with Crippen LogP contribution >= 0.6 is 0 Å². The molecule has 0 saturated carbocycles. The van der Waals surface area contributed by atoms with Crippen LogP contribution in [-0.2, 0) is 28.5 Å². The highest BCUT2D eigenvalue weighted by Gasteiger charge is 2.38. The highest BCUT2D eigenvalue weighted by Crippen LogP contribution is 2.41. The summed E-state index contributed by atoms with van der Waals surface area (Å²) in [4.78, 5) is 31.4. The average molecular weight is 985 g/mol. The molecule has 72 heavy (non-hydrogen) atoms. The van der Waals surface area contributed by atoms with Crippen molar-refractivity contribution in [3.05, 3.63) is 142 Å². The van der Waals surface area contributed by atoms with Gasteiger partial charge in [0.25, 0.3) is 0 Å². The van der Waals surface area contributed by atoms with Crippen molar-refractivity contribution in [3.8, 4) is 0 Å². The number of allylic oxidation sites excluding steroid dienone is 14. The molecule has 12 heteroatoms. The lowest BCUT2D eigenvalue weighted by Gasteiger charge is -2.26. The fraction of sp³-hybridized carbons (Fsp3) is 0.467.